The molecule has 9 heteroatoms. The van der Waals surface area contributed by atoms with Crippen molar-refractivity contribution in [2.75, 3.05) is 0 Å². The van der Waals surface area contributed by atoms with Gasteiger partial charge in [-0.3, -0.25) is 4.74 Å². The standard InChI is InChI=1S/C21H21F3N2O4/c22-21(23,24)30-15-6-14(7-15)17-25-8-16(29-17)19-10-20(11-19,12-19)26-18(27)28-9-13-4-2-1-3-5-13/h1-5,8,14-15H,6-7,9-12H2,(H,26,27). The van der Waals surface area contributed by atoms with Crippen molar-refractivity contribution < 1.29 is 31.9 Å². The molecule has 1 N–H and O–H groups in total. The number of nitrogens with zero attached hydrogens (tertiary/aromatic N) is 1. The van der Waals surface area contributed by atoms with Crippen LogP contribution in [0.2, 0.25) is 0 Å². The maximum atomic E-state index is 12.2. The van der Waals surface area contributed by atoms with E-state index in [0.29, 0.717) is 5.89 Å². The molecular formula is C21H21F3N2O4. The Hall–Kier alpha value is -2.55. The number of ether oxygens (including phenoxy) is 2. The summed E-state index contributed by atoms with van der Waals surface area (Å²) in [5.41, 5.74) is 0.529. The molecule has 0 atom stereocenters. The number of amides is 1. The first-order chi connectivity index (χ1) is 14.2. The first-order valence-corrected chi connectivity index (χ1v) is 9.94. The van der Waals surface area contributed by atoms with Crippen LogP contribution < -0.4 is 5.32 Å². The van der Waals surface area contributed by atoms with Crippen LogP contribution in [0, 0.1) is 0 Å². The van der Waals surface area contributed by atoms with E-state index in [1.54, 1.807) is 6.20 Å². The molecule has 4 fully saturated rings. The number of rotatable bonds is 6. The van der Waals surface area contributed by atoms with Gasteiger partial charge in [0, 0.05) is 16.9 Å². The smallest absolute Gasteiger partial charge is 0.445 e. The average Bonchev–Trinajstić information content (AvgIpc) is 3.07. The van der Waals surface area contributed by atoms with Crippen LogP contribution in [0.25, 0.3) is 0 Å². The molecule has 4 aliphatic rings. The number of halogens is 3. The monoisotopic (exact) mass is 422 g/mol. The molecule has 1 aromatic carbocycles. The Balaban J connectivity index is 1.09. The lowest BCUT2D eigenvalue weighted by molar-refractivity contribution is -0.352. The van der Waals surface area contributed by atoms with Gasteiger partial charge < -0.3 is 14.5 Å². The van der Waals surface area contributed by atoms with Gasteiger partial charge in [-0.1, -0.05) is 30.3 Å². The maximum absolute atomic E-state index is 12.2. The highest BCUT2D eigenvalue weighted by Crippen LogP contribution is 2.68. The number of oxazole rings is 1. The number of benzene rings is 1. The minimum atomic E-state index is -4.60. The summed E-state index contributed by atoms with van der Waals surface area (Å²) in [6, 6.07) is 9.47. The molecule has 2 bridgehead atoms. The first-order valence-electron chi connectivity index (χ1n) is 9.94. The predicted octanol–water partition coefficient (Wildman–Crippen LogP) is 4.56. The van der Waals surface area contributed by atoms with Crippen LogP contribution in [0.4, 0.5) is 18.0 Å². The van der Waals surface area contributed by atoms with Crippen molar-refractivity contribution in [3.05, 3.63) is 53.7 Å². The van der Waals surface area contributed by atoms with E-state index < -0.39 is 18.6 Å². The van der Waals surface area contributed by atoms with Crippen molar-refractivity contribution in [2.45, 2.75) is 68.0 Å². The Morgan fingerprint density at radius 1 is 1.20 bits per heavy atom. The van der Waals surface area contributed by atoms with E-state index >= 15 is 0 Å². The van der Waals surface area contributed by atoms with Crippen LogP contribution in [-0.2, 0) is 21.5 Å². The second-order valence-electron chi connectivity index (χ2n) is 8.69. The lowest BCUT2D eigenvalue weighted by Gasteiger charge is -2.69. The van der Waals surface area contributed by atoms with E-state index in [0.717, 1.165) is 30.6 Å². The van der Waals surface area contributed by atoms with Crippen LogP contribution in [0.3, 0.4) is 0 Å². The molecule has 2 aromatic rings. The van der Waals surface area contributed by atoms with Crippen molar-refractivity contribution >= 4 is 6.09 Å². The van der Waals surface area contributed by atoms with Crippen LogP contribution >= 0.6 is 0 Å². The lowest BCUT2D eigenvalue weighted by atomic mass is 9.38. The van der Waals surface area contributed by atoms with Gasteiger partial charge in [0.1, 0.15) is 12.4 Å². The molecule has 6 nitrogen and oxygen atoms in total. The minimum Gasteiger partial charge on any atom is -0.445 e. The van der Waals surface area contributed by atoms with Gasteiger partial charge in [-0.15, -0.1) is 13.2 Å². The zero-order valence-electron chi connectivity index (χ0n) is 16.1. The number of hydrogen-bond donors (Lipinski definition) is 1. The Morgan fingerprint density at radius 2 is 1.90 bits per heavy atom. The van der Waals surface area contributed by atoms with Gasteiger partial charge in [0.15, 0.2) is 5.89 Å². The first kappa shape index (κ1) is 19.4. The van der Waals surface area contributed by atoms with Gasteiger partial charge in [0.2, 0.25) is 0 Å². The van der Waals surface area contributed by atoms with E-state index in [1.807, 2.05) is 30.3 Å². The Labute approximate surface area is 170 Å². The summed E-state index contributed by atoms with van der Waals surface area (Å²) in [5.74, 6) is 1.08. The normalized spacial score (nSPS) is 31.8. The van der Waals surface area contributed by atoms with Gasteiger partial charge in [-0.2, -0.15) is 0 Å². The summed E-state index contributed by atoms with van der Waals surface area (Å²) in [4.78, 5) is 16.4. The van der Waals surface area contributed by atoms with E-state index in [1.165, 1.54) is 0 Å². The van der Waals surface area contributed by atoms with Gasteiger partial charge in [0.25, 0.3) is 0 Å². The summed E-state index contributed by atoms with van der Waals surface area (Å²) < 4.78 is 51.9. The summed E-state index contributed by atoms with van der Waals surface area (Å²) in [5, 5.41) is 2.96. The Bertz CT molecular complexity index is 917. The number of carbonyl (C=O) groups excluding carboxylic acids is 1. The number of aromatic nitrogens is 1. The van der Waals surface area contributed by atoms with E-state index in [-0.39, 0.29) is 36.3 Å². The molecule has 1 amide bonds. The summed E-state index contributed by atoms with van der Waals surface area (Å²) in [6.45, 7) is 0.222. The zero-order chi connectivity index (χ0) is 21.0. The molecule has 0 radical (unpaired) electrons. The molecule has 0 unspecified atom stereocenters. The minimum absolute atomic E-state index is 0.135. The number of hydrogen-bond acceptors (Lipinski definition) is 5. The molecule has 160 valence electrons. The van der Waals surface area contributed by atoms with Gasteiger partial charge in [0.05, 0.1) is 12.3 Å². The molecule has 4 saturated carbocycles. The van der Waals surface area contributed by atoms with Crippen molar-refractivity contribution in [2.24, 2.45) is 0 Å². The number of alkyl halides is 3. The highest BCUT2D eigenvalue weighted by atomic mass is 19.4. The van der Waals surface area contributed by atoms with Crippen LogP contribution in [0.1, 0.15) is 55.2 Å². The SMILES string of the molecule is O=C(NC12CC(c3cnc(C4CC(OC(F)(F)F)C4)o3)(C1)C2)OCc1ccccc1. The van der Waals surface area contributed by atoms with Crippen molar-refractivity contribution in [1.82, 2.24) is 10.3 Å². The lowest BCUT2D eigenvalue weighted by Crippen LogP contribution is -2.76. The van der Waals surface area contributed by atoms with E-state index in [2.05, 4.69) is 15.0 Å². The molecule has 4 aliphatic carbocycles. The topological polar surface area (TPSA) is 73.6 Å². The fourth-order valence-corrected chi connectivity index (χ4v) is 4.93. The molecule has 0 spiro atoms. The Morgan fingerprint density at radius 3 is 2.57 bits per heavy atom. The largest absolute Gasteiger partial charge is 0.522 e. The molecular weight excluding hydrogens is 401 g/mol. The van der Waals surface area contributed by atoms with Gasteiger partial charge in [-0.05, 0) is 37.7 Å². The number of nitrogens with one attached hydrogen (secondary N) is 1. The third kappa shape index (κ3) is 3.55. The van der Waals surface area contributed by atoms with Crippen molar-refractivity contribution in [1.29, 1.82) is 0 Å². The van der Waals surface area contributed by atoms with Crippen LogP contribution in [0.5, 0.6) is 0 Å². The third-order valence-corrected chi connectivity index (χ3v) is 6.40. The fourth-order valence-electron chi connectivity index (χ4n) is 4.93. The summed E-state index contributed by atoms with van der Waals surface area (Å²) in [6.07, 6.45) is -1.43. The highest BCUT2D eigenvalue weighted by molar-refractivity contribution is 5.70. The van der Waals surface area contributed by atoms with Crippen LogP contribution in [0.15, 0.2) is 40.9 Å². The third-order valence-electron chi connectivity index (χ3n) is 6.40. The van der Waals surface area contributed by atoms with E-state index in [4.69, 9.17) is 9.15 Å². The second kappa shape index (κ2) is 6.73. The maximum Gasteiger partial charge on any atom is 0.522 e. The highest BCUT2D eigenvalue weighted by Gasteiger charge is 2.71. The molecule has 6 rings (SSSR count). The van der Waals surface area contributed by atoms with Gasteiger partial charge >= 0.3 is 12.5 Å². The average molecular weight is 422 g/mol. The van der Waals surface area contributed by atoms with Crippen LogP contribution in [-0.4, -0.2) is 29.1 Å². The number of alkyl carbamates (subject to hydrolysis) is 1. The zero-order valence-corrected chi connectivity index (χ0v) is 16.1. The van der Waals surface area contributed by atoms with Gasteiger partial charge in [-0.25, -0.2) is 9.78 Å². The second-order valence-corrected chi connectivity index (χ2v) is 8.69. The van der Waals surface area contributed by atoms with Crippen molar-refractivity contribution in [3.63, 3.8) is 0 Å². The molecule has 0 saturated heterocycles. The summed E-state index contributed by atoms with van der Waals surface area (Å²) >= 11 is 0. The molecule has 30 heavy (non-hydrogen) atoms. The number of carbonyl (C=O) groups is 1. The molecule has 1 heterocycles. The molecule has 0 aliphatic heterocycles. The molecule has 1 aromatic heterocycles. The quantitative estimate of drug-likeness (QED) is 0.739. The Kier molecular flexibility index (Phi) is 4.36. The van der Waals surface area contributed by atoms with E-state index in [9.17, 15) is 18.0 Å². The summed E-state index contributed by atoms with van der Waals surface area (Å²) in [7, 11) is 0. The fraction of sp³-hybridized carbons (Fsp3) is 0.524. The van der Waals surface area contributed by atoms with Crippen molar-refractivity contribution in [3.8, 4) is 0 Å². The predicted molar refractivity (Wildman–Crippen MR) is 97.4 cm³/mol.